The molecule has 2 saturated heterocycles. The van der Waals surface area contributed by atoms with Gasteiger partial charge in [-0.25, -0.2) is 0 Å². The molecule has 2 heterocycles. The summed E-state index contributed by atoms with van der Waals surface area (Å²) in [5, 5.41) is 3.00. The van der Waals surface area contributed by atoms with Gasteiger partial charge in [-0.05, 0) is 32.1 Å². The molecule has 2 atom stereocenters. The summed E-state index contributed by atoms with van der Waals surface area (Å²) in [5.74, 6) is 0.327. The average Bonchev–Trinajstić information content (AvgIpc) is 2.76. The minimum absolute atomic E-state index is 0.128. The second-order valence-electron chi connectivity index (χ2n) is 6.07. The fourth-order valence-corrected chi connectivity index (χ4v) is 3.65. The van der Waals surface area contributed by atoms with E-state index in [1.54, 1.807) is 7.11 Å². The summed E-state index contributed by atoms with van der Waals surface area (Å²) in [6, 6.07) is 0.379. The molecular formula is C14H22N2O3. The first-order valence-corrected chi connectivity index (χ1v) is 7.27. The first-order chi connectivity index (χ1) is 9.13. The molecule has 1 N–H and O–H groups in total. The molecule has 0 bridgehead atoms. The molecule has 2 aliphatic heterocycles. The third kappa shape index (κ3) is 2.24. The molecule has 5 heteroatoms. The molecule has 19 heavy (non-hydrogen) atoms. The van der Waals surface area contributed by atoms with E-state index in [1.165, 1.54) is 0 Å². The number of fused-ring (bicyclic) bond motifs is 1. The van der Waals surface area contributed by atoms with Crippen molar-refractivity contribution in [2.75, 3.05) is 13.7 Å². The van der Waals surface area contributed by atoms with Crippen LogP contribution < -0.4 is 5.32 Å². The summed E-state index contributed by atoms with van der Waals surface area (Å²) < 4.78 is 5.54. The lowest BCUT2D eigenvalue weighted by atomic mass is 9.77. The predicted octanol–water partition coefficient (Wildman–Crippen LogP) is 0.825. The number of nitrogens with zero attached hydrogens (tertiary/aromatic N) is 1. The van der Waals surface area contributed by atoms with Crippen molar-refractivity contribution in [3.05, 3.63) is 0 Å². The number of amides is 2. The number of likely N-dealkylation sites (tertiary alicyclic amines) is 1. The van der Waals surface area contributed by atoms with Gasteiger partial charge in [-0.2, -0.15) is 0 Å². The molecular weight excluding hydrogens is 244 g/mol. The van der Waals surface area contributed by atoms with E-state index in [1.807, 2.05) is 4.90 Å². The fourth-order valence-electron chi connectivity index (χ4n) is 3.65. The average molecular weight is 266 g/mol. The number of rotatable bonds is 3. The Kier molecular flexibility index (Phi) is 3.25. The van der Waals surface area contributed by atoms with Crippen LogP contribution in [0.5, 0.6) is 0 Å². The Hall–Kier alpha value is -1.10. The van der Waals surface area contributed by atoms with Crippen LogP contribution in [0.1, 0.15) is 44.9 Å². The van der Waals surface area contributed by atoms with Crippen LogP contribution in [0.15, 0.2) is 0 Å². The molecule has 0 aromatic heterocycles. The van der Waals surface area contributed by atoms with Gasteiger partial charge in [0.1, 0.15) is 0 Å². The third-order valence-electron chi connectivity index (χ3n) is 5.05. The maximum absolute atomic E-state index is 12.5. The van der Waals surface area contributed by atoms with E-state index >= 15 is 0 Å². The van der Waals surface area contributed by atoms with Crippen molar-refractivity contribution in [2.45, 2.75) is 62.6 Å². The maximum Gasteiger partial charge on any atom is 0.225 e. The normalized spacial score (nSPS) is 32.5. The number of ether oxygens (including phenoxy) is 1. The van der Waals surface area contributed by atoms with Crippen molar-refractivity contribution in [2.24, 2.45) is 0 Å². The zero-order valence-electron chi connectivity index (χ0n) is 11.5. The molecule has 1 aliphatic carbocycles. The van der Waals surface area contributed by atoms with Gasteiger partial charge in [-0.15, -0.1) is 0 Å². The molecule has 0 spiro atoms. The highest BCUT2D eigenvalue weighted by Crippen LogP contribution is 2.39. The van der Waals surface area contributed by atoms with Crippen LogP contribution in [0, 0.1) is 0 Å². The van der Waals surface area contributed by atoms with Gasteiger partial charge in [0, 0.05) is 20.1 Å². The molecule has 106 valence electrons. The van der Waals surface area contributed by atoms with Crippen LogP contribution in [-0.2, 0) is 14.3 Å². The van der Waals surface area contributed by atoms with Crippen molar-refractivity contribution in [3.63, 3.8) is 0 Å². The van der Waals surface area contributed by atoms with E-state index in [0.29, 0.717) is 12.8 Å². The van der Waals surface area contributed by atoms with Crippen LogP contribution in [0.3, 0.4) is 0 Å². The lowest BCUT2D eigenvalue weighted by molar-refractivity contribution is -0.146. The molecule has 1 saturated carbocycles. The van der Waals surface area contributed by atoms with Crippen LogP contribution in [0.25, 0.3) is 0 Å². The van der Waals surface area contributed by atoms with Gasteiger partial charge in [0.25, 0.3) is 0 Å². The molecule has 3 aliphatic rings. The van der Waals surface area contributed by atoms with Gasteiger partial charge in [0.2, 0.25) is 11.8 Å². The zero-order chi connectivity index (χ0) is 13.5. The van der Waals surface area contributed by atoms with Crippen LogP contribution in [0.4, 0.5) is 0 Å². The third-order valence-corrected chi connectivity index (χ3v) is 5.05. The zero-order valence-corrected chi connectivity index (χ0v) is 11.5. The summed E-state index contributed by atoms with van der Waals surface area (Å²) in [7, 11) is 1.71. The van der Waals surface area contributed by atoms with Crippen molar-refractivity contribution in [1.29, 1.82) is 0 Å². The molecule has 3 fully saturated rings. The Labute approximate surface area is 113 Å². The Bertz CT molecular complexity index is 387. The van der Waals surface area contributed by atoms with Crippen LogP contribution in [-0.4, -0.2) is 48.1 Å². The number of hydrogen-bond acceptors (Lipinski definition) is 3. The topological polar surface area (TPSA) is 58.6 Å². The van der Waals surface area contributed by atoms with Crippen LogP contribution >= 0.6 is 0 Å². The molecule has 0 aromatic carbocycles. The van der Waals surface area contributed by atoms with E-state index in [2.05, 4.69) is 5.32 Å². The Balaban J connectivity index is 1.63. The van der Waals surface area contributed by atoms with Crippen molar-refractivity contribution in [3.8, 4) is 0 Å². The summed E-state index contributed by atoms with van der Waals surface area (Å²) in [4.78, 5) is 25.8. The summed E-state index contributed by atoms with van der Waals surface area (Å²) >= 11 is 0. The summed E-state index contributed by atoms with van der Waals surface area (Å²) in [6.45, 7) is 0.772. The van der Waals surface area contributed by atoms with E-state index in [0.717, 1.165) is 38.6 Å². The SMILES string of the molecule is COC1(CC(=O)N2CC[C@@H]3NC(=O)CC[C@@H]32)CCC1. The molecule has 0 unspecified atom stereocenters. The Morgan fingerprint density at radius 2 is 2.26 bits per heavy atom. The Morgan fingerprint density at radius 3 is 2.89 bits per heavy atom. The second kappa shape index (κ2) is 4.78. The molecule has 5 nitrogen and oxygen atoms in total. The predicted molar refractivity (Wildman–Crippen MR) is 69.5 cm³/mol. The maximum atomic E-state index is 12.5. The monoisotopic (exact) mass is 266 g/mol. The van der Waals surface area contributed by atoms with Gasteiger partial charge in [0.15, 0.2) is 0 Å². The highest BCUT2D eigenvalue weighted by atomic mass is 16.5. The molecule has 2 amide bonds. The molecule has 0 radical (unpaired) electrons. The van der Waals surface area contributed by atoms with Crippen molar-refractivity contribution >= 4 is 11.8 Å². The number of methoxy groups -OCH3 is 1. The van der Waals surface area contributed by atoms with Gasteiger partial charge in [-0.3, -0.25) is 9.59 Å². The fraction of sp³-hybridized carbons (Fsp3) is 0.857. The van der Waals surface area contributed by atoms with Gasteiger partial charge < -0.3 is 15.0 Å². The highest BCUT2D eigenvalue weighted by molar-refractivity contribution is 5.80. The van der Waals surface area contributed by atoms with Gasteiger partial charge in [0.05, 0.1) is 24.1 Å². The van der Waals surface area contributed by atoms with Gasteiger partial charge >= 0.3 is 0 Å². The number of piperidine rings is 1. The summed E-state index contributed by atoms with van der Waals surface area (Å²) in [6.07, 6.45) is 5.89. The highest BCUT2D eigenvalue weighted by Gasteiger charge is 2.44. The first-order valence-electron chi connectivity index (χ1n) is 7.27. The molecule has 3 rings (SSSR count). The first kappa shape index (κ1) is 12.9. The molecule has 0 aromatic rings. The largest absolute Gasteiger partial charge is 0.378 e. The number of carbonyl (C=O) groups excluding carboxylic acids is 2. The second-order valence-corrected chi connectivity index (χ2v) is 6.07. The van der Waals surface area contributed by atoms with E-state index in [-0.39, 0.29) is 29.5 Å². The number of carbonyl (C=O) groups is 2. The number of nitrogens with one attached hydrogen (secondary N) is 1. The minimum atomic E-state index is -0.201. The van der Waals surface area contributed by atoms with E-state index in [4.69, 9.17) is 4.74 Å². The van der Waals surface area contributed by atoms with E-state index in [9.17, 15) is 9.59 Å². The quantitative estimate of drug-likeness (QED) is 0.823. The lowest BCUT2D eigenvalue weighted by Gasteiger charge is -2.41. The van der Waals surface area contributed by atoms with Crippen molar-refractivity contribution in [1.82, 2.24) is 10.2 Å². The Morgan fingerprint density at radius 1 is 1.47 bits per heavy atom. The van der Waals surface area contributed by atoms with E-state index < -0.39 is 0 Å². The van der Waals surface area contributed by atoms with Gasteiger partial charge in [-0.1, -0.05) is 0 Å². The van der Waals surface area contributed by atoms with Crippen molar-refractivity contribution < 1.29 is 14.3 Å². The summed E-state index contributed by atoms with van der Waals surface area (Å²) in [5.41, 5.74) is -0.201. The number of hydrogen-bond donors (Lipinski definition) is 1. The lowest BCUT2D eigenvalue weighted by Crippen LogP contribution is -2.52. The van der Waals surface area contributed by atoms with Crippen LogP contribution in [0.2, 0.25) is 0 Å². The minimum Gasteiger partial charge on any atom is -0.378 e. The standard InChI is InChI=1S/C14H22N2O3/c1-19-14(6-2-7-14)9-13(18)16-8-5-10-11(16)3-4-12(17)15-10/h10-11H,2-9H2,1H3,(H,15,17)/t10-,11-/m0/s1. The smallest absolute Gasteiger partial charge is 0.225 e.